The van der Waals surface area contributed by atoms with E-state index in [0.717, 1.165) is 13.0 Å². The largest absolute Gasteiger partial charge is 0.598 e. The van der Waals surface area contributed by atoms with Gasteiger partial charge in [-0.2, -0.15) is 0 Å². The Morgan fingerprint density at radius 2 is 1.96 bits per heavy atom. The first-order valence-corrected chi connectivity index (χ1v) is 9.43. The van der Waals surface area contributed by atoms with Crippen molar-refractivity contribution in [2.45, 2.75) is 37.8 Å². The van der Waals surface area contributed by atoms with Gasteiger partial charge in [-0.25, -0.2) is 13.2 Å². The molecule has 2 atom stereocenters. The topological polar surface area (TPSA) is 44.3 Å². The van der Waals surface area contributed by atoms with Gasteiger partial charge in [0.2, 0.25) is 0 Å². The Morgan fingerprint density at radius 3 is 2.46 bits per heavy atom. The highest BCUT2D eigenvalue weighted by Gasteiger charge is 2.64. The highest BCUT2D eigenvalue weighted by atomic mass is 79.9. The van der Waals surface area contributed by atoms with Crippen molar-refractivity contribution >= 4 is 27.3 Å². The van der Waals surface area contributed by atoms with E-state index < -0.39 is 34.2 Å². The SMILES string of the molecule is C=CCOC(C)(C)C(F)(F)[C@](C)(N[S+](C)[O-])c1cc(Br)ccc1F. The van der Waals surface area contributed by atoms with Crippen LogP contribution in [0.1, 0.15) is 26.3 Å². The summed E-state index contributed by atoms with van der Waals surface area (Å²) in [6, 6.07) is 3.72. The average molecular weight is 428 g/mol. The standard InChI is InChI=1S/C16H21BrF3NO2S/c1-6-9-23-14(2,3)16(19,20)15(4,21-24(5)22)12-10-11(17)7-8-13(12)18/h6-8,10,21H,1,9H2,2-5H3/t15-,24?/m1/s1. The van der Waals surface area contributed by atoms with Crippen molar-refractivity contribution in [2.24, 2.45) is 0 Å². The second-order valence-corrected chi connectivity index (χ2v) is 8.02. The van der Waals surface area contributed by atoms with Crippen LogP contribution in [0.15, 0.2) is 35.3 Å². The lowest BCUT2D eigenvalue weighted by atomic mass is 9.78. The van der Waals surface area contributed by atoms with Crippen LogP contribution in [0.3, 0.4) is 0 Å². The number of benzene rings is 1. The Bertz CT molecular complexity index is 599. The molecule has 0 bridgehead atoms. The molecule has 24 heavy (non-hydrogen) atoms. The molecule has 0 aliphatic carbocycles. The summed E-state index contributed by atoms with van der Waals surface area (Å²) in [6.07, 6.45) is 2.56. The van der Waals surface area contributed by atoms with Crippen molar-refractivity contribution in [2.75, 3.05) is 12.9 Å². The van der Waals surface area contributed by atoms with Gasteiger partial charge in [-0.3, -0.25) is 0 Å². The molecule has 0 saturated heterocycles. The lowest BCUT2D eigenvalue weighted by Gasteiger charge is -2.45. The van der Waals surface area contributed by atoms with Crippen LogP contribution in [0.4, 0.5) is 13.2 Å². The number of ether oxygens (including phenoxy) is 1. The molecule has 1 aromatic carbocycles. The molecule has 0 heterocycles. The molecule has 0 aliphatic heterocycles. The van der Waals surface area contributed by atoms with Gasteiger partial charge in [0.05, 0.1) is 6.61 Å². The molecule has 1 unspecified atom stereocenters. The highest BCUT2D eigenvalue weighted by molar-refractivity contribution is 9.10. The molecule has 3 nitrogen and oxygen atoms in total. The van der Waals surface area contributed by atoms with Gasteiger partial charge in [0.1, 0.15) is 17.7 Å². The minimum absolute atomic E-state index is 0.102. The molecule has 0 amide bonds. The smallest absolute Gasteiger partial charge is 0.301 e. The van der Waals surface area contributed by atoms with Crippen molar-refractivity contribution in [3.05, 3.63) is 46.7 Å². The third kappa shape index (κ3) is 4.16. The Hall–Kier alpha value is -0.540. The van der Waals surface area contributed by atoms with Crippen LogP contribution in [0, 0.1) is 5.82 Å². The fourth-order valence-corrected chi connectivity index (χ4v) is 3.59. The van der Waals surface area contributed by atoms with Crippen LogP contribution < -0.4 is 4.72 Å². The number of hydrogen-bond donors (Lipinski definition) is 1. The van der Waals surface area contributed by atoms with E-state index in [2.05, 4.69) is 27.2 Å². The second-order valence-electron chi connectivity index (χ2n) is 5.99. The van der Waals surface area contributed by atoms with Crippen LogP contribution in [0.25, 0.3) is 0 Å². The normalized spacial score (nSPS) is 16.5. The summed E-state index contributed by atoms with van der Waals surface area (Å²) in [6.45, 7) is 6.85. The van der Waals surface area contributed by atoms with Crippen LogP contribution in [0.5, 0.6) is 0 Å². The Labute approximate surface area is 152 Å². The van der Waals surface area contributed by atoms with Crippen LogP contribution in [-0.4, -0.2) is 28.9 Å². The van der Waals surface area contributed by atoms with Crippen molar-refractivity contribution in [3.8, 4) is 0 Å². The van der Waals surface area contributed by atoms with Gasteiger partial charge in [-0.05, 0) is 39.0 Å². The maximum atomic E-state index is 15.4. The summed E-state index contributed by atoms with van der Waals surface area (Å²) in [5.74, 6) is -4.45. The van der Waals surface area contributed by atoms with Crippen molar-refractivity contribution in [3.63, 3.8) is 0 Å². The maximum Gasteiger partial charge on any atom is 0.301 e. The highest BCUT2D eigenvalue weighted by Crippen LogP contribution is 2.47. The molecule has 0 spiro atoms. The lowest BCUT2D eigenvalue weighted by molar-refractivity contribution is -0.224. The van der Waals surface area contributed by atoms with E-state index in [1.165, 1.54) is 38.3 Å². The van der Waals surface area contributed by atoms with Gasteiger partial charge >= 0.3 is 5.92 Å². The Balaban J connectivity index is 3.54. The number of halogens is 4. The zero-order chi connectivity index (χ0) is 18.8. The van der Waals surface area contributed by atoms with Crippen LogP contribution >= 0.6 is 15.9 Å². The van der Waals surface area contributed by atoms with Crippen molar-refractivity contribution in [1.29, 1.82) is 0 Å². The lowest BCUT2D eigenvalue weighted by Crippen LogP contribution is -2.65. The van der Waals surface area contributed by atoms with Gasteiger partial charge < -0.3 is 9.29 Å². The van der Waals surface area contributed by atoms with Gasteiger partial charge in [-0.1, -0.05) is 22.0 Å². The van der Waals surface area contributed by atoms with E-state index in [1.54, 1.807) is 0 Å². The Morgan fingerprint density at radius 1 is 1.38 bits per heavy atom. The first-order chi connectivity index (χ1) is 10.9. The van der Waals surface area contributed by atoms with E-state index >= 15 is 8.78 Å². The Kier molecular flexibility index (Phi) is 6.97. The monoisotopic (exact) mass is 427 g/mol. The summed E-state index contributed by atoms with van der Waals surface area (Å²) in [5.41, 5.74) is -4.56. The second kappa shape index (κ2) is 7.78. The van der Waals surface area contributed by atoms with Crippen molar-refractivity contribution < 1.29 is 22.5 Å². The summed E-state index contributed by atoms with van der Waals surface area (Å²) in [5, 5.41) is 0. The third-order valence-electron chi connectivity index (χ3n) is 3.76. The molecule has 136 valence electrons. The van der Waals surface area contributed by atoms with Gasteiger partial charge in [0, 0.05) is 21.4 Å². The number of alkyl halides is 2. The number of nitrogens with one attached hydrogen (secondary N) is 1. The van der Waals surface area contributed by atoms with Gasteiger partial charge in [0.25, 0.3) is 0 Å². The summed E-state index contributed by atoms with van der Waals surface area (Å²) < 4.78 is 64.8. The maximum absolute atomic E-state index is 15.4. The zero-order valence-corrected chi connectivity index (χ0v) is 16.4. The first kappa shape index (κ1) is 21.5. The van der Waals surface area contributed by atoms with E-state index in [4.69, 9.17) is 4.74 Å². The average Bonchev–Trinajstić information content (AvgIpc) is 2.46. The quantitative estimate of drug-likeness (QED) is 0.496. The van der Waals surface area contributed by atoms with Gasteiger partial charge in [-0.15, -0.1) is 11.3 Å². The first-order valence-electron chi connectivity index (χ1n) is 7.08. The molecule has 1 N–H and O–H groups in total. The van der Waals surface area contributed by atoms with E-state index in [1.807, 2.05) is 0 Å². The minimum atomic E-state index is -3.61. The summed E-state index contributed by atoms with van der Waals surface area (Å²) >= 11 is 1.33. The van der Waals surface area contributed by atoms with E-state index in [0.29, 0.717) is 4.47 Å². The predicted octanol–water partition coefficient (Wildman–Crippen LogP) is 4.30. The van der Waals surface area contributed by atoms with Crippen LogP contribution in [0.2, 0.25) is 0 Å². The van der Waals surface area contributed by atoms with Crippen molar-refractivity contribution in [1.82, 2.24) is 4.72 Å². The predicted molar refractivity (Wildman–Crippen MR) is 93.8 cm³/mol. The third-order valence-corrected chi connectivity index (χ3v) is 4.95. The zero-order valence-electron chi connectivity index (χ0n) is 14.0. The van der Waals surface area contributed by atoms with Gasteiger partial charge in [0.15, 0.2) is 5.54 Å². The minimum Gasteiger partial charge on any atom is -0.598 e. The molecular weight excluding hydrogens is 407 g/mol. The molecule has 0 aromatic heterocycles. The molecule has 8 heteroatoms. The molecule has 0 fully saturated rings. The van der Waals surface area contributed by atoms with Crippen LogP contribution in [-0.2, 0) is 21.6 Å². The molecule has 0 aliphatic rings. The number of rotatable bonds is 8. The van der Waals surface area contributed by atoms with E-state index in [9.17, 15) is 8.94 Å². The number of hydrogen-bond acceptors (Lipinski definition) is 3. The molecule has 1 rings (SSSR count). The molecular formula is C16H21BrF3NO2S. The molecule has 1 aromatic rings. The fourth-order valence-electron chi connectivity index (χ4n) is 2.42. The summed E-state index contributed by atoms with van der Waals surface area (Å²) in [4.78, 5) is 0. The summed E-state index contributed by atoms with van der Waals surface area (Å²) in [7, 11) is 0. The molecule has 0 saturated carbocycles. The van der Waals surface area contributed by atoms with E-state index in [-0.39, 0.29) is 12.2 Å². The fraction of sp³-hybridized carbons (Fsp3) is 0.500. The molecule has 0 radical (unpaired) electrons.